The van der Waals surface area contributed by atoms with E-state index < -0.39 is 0 Å². The Kier molecular flexibility index (Phi) is 5.87. The Bertz CT molecular complexity index is 346. The Morgan fingerprint density at radius 3 is 2.63 bits per heavy atom. The Morgan fingerprint density at radius 1 is 1.21 bits per heavy atom. The molecule has 1 saturated carbocycles. The maximum atomic E-state index is 6.19. The lowest BCUT2D eigenvalue weighted by Crippen LogP contribution is -2.42. The predicted octanol–water partition coefficient (Wildman–Crippen LogP) is 3.56. The summed E-state index contributed by atoms with van der Waals surface area (Å²) in [6.45, 7) is 5.22. The highest BCUT2D eigenvalue weighted by Gasteiger charge is 2.37. The highest BCUT2D eigenvalue weighted by atomic mass is 16.5. The summed E-state index contributed by atoms with van der Waals surface area (Å²) in [6, 6.07) is 10.7. The fourth-order valence-electron chi connectivity index (χ4n) is 2.74. The van der Waals surface area contributed by atoms with Crippen molar-refractivity contribution < 1.29 is 4.74 Å². The van der Waals surface area contributed by atoms with Gasteiger partial charge in [-0.15, -0.1) is 0 Å². The molecular weight excluding hydrogens is 234 g/mol. The van der Waals surface area contributed by atoms with E-state index in [-0.39, 0.29) is 5.60 Å². The molecule has 0 bridgehead atoms. The van der Waals surface area contributed by atoms with Crippen molar-refractivity contribution in [1.82, 2.24) is 5.32 Å². The lowest BCUT2D eigenvalue weighted by Gasteiger charge is -2.42. The topological polar surface area (TPSA) is 21.3 Å². The average molecular weight is 261 g/mol. The molecule has 0 radical (unpaired) electrons. The van der Waals surface area contributed by atoms with Crippen LogP contribution in [-0.2, 0) is 11.2 Å². The molecule has 1 N–H and O–H groups in total. The molecule has 19 heavy (non-hydrogen) atoms. The minimum Gasteiger partial charge on any atom is -0.375 e. The summed E-state index contributed by atoms with van der Waals surface area (Å²) in [5.41, 5.74) is 1.63. The first-order chi connectivity index (χ1) is 9.35. The van der Waals surface area contributed by atoms with Gasteiger partial charge in [-0.25, -0.2) is 0 Å². The van der Waals surface area contributed by atoms with Crippen LogP contribution in [0.5, 0.6) is 0 Å². The number of benzene rings is 1. The van der Waals surface area contributed by atoms with Crippen LogP contribution in [0.15, 0.2) is 30.3 Å². The van der Waals surface area contributed by atoms with Crippen LogP contribution in [-0.4, -0.2) is 25.3 Å². The Morgan fingerprint density at radius 2 is 2.00 bits per heavy atom. The number of nitrogens with one attached hydrogen (secondary N) is 1. The van der Waals surface area contributed by atoms with Crippen LogP contribution in [0.4, 0.5) is 0 Å². The van der Waals surface area contributed by atoms with Gasteiger partial charge in [0.15, 0.2) is 0 Å². The molecule has 2 rings (SSSR count). The van der Waals surface area contributed by atoms with Crippen molar-refractivity contribution in [2.75, 3.05) is 19.7 Å². The predicted molar refractivity (Wildman–Crippen MR) is 80.5 cm³/mol. The van der Waals surface area contributed by atoms with E-state index in [1.807, 2.05) is 0 Å². The molecule has 1 aromatic carbocycles. The first kappa shape index (κ1) is 14.5. The number of ether oxygens (including phenoxy) is 1. The summed E-state index contributed by atoms with van der Waals surface area (Å²) in [5, 5.41) is 3.41. The highest BCUT2D eigenvalue weighted by Crippen LogP contribution is 2.38. The zero-order chi connectivity index (χ0) is 13.4. The monoisotopic (exact) mass is 261 g/mol. The van der Waals surface area contributed by atoms with Gasteiger partial charge in [-0.05, 0) is 57.2 Å². The van der Waals surface area contributed by atoms with Gasteiger partial charge < -0.3 is 10.1 Å². The van der Waals surface area contributed by atoms with E-state index in [1.165, 1.54) is 31.2 Å². The van der Waals surface area contributed by atoms with Crippen LogP contribution in [0.1, 0.15) is 44.6 Å². The van der Waals surface area contributed by atoms with E-state index >= 15 is 0 Å². The molecule has 0 spiro atoms. The van der Waals surface area contributed by atoms with E-state index in [0.29, 0.717) is 0 Å². The lowest BCUT2D eigenvalue weighted by molar-refractivity contribution is -0.105. The zero-order valence-electron chi connectivity index (χ0n) is 12.2. The molecule has 1 aliphatic carbocycles. The quantitative estimate of drug-likeness (QED) is 0.686. The number of aryl methyl sites for hydroxylation is 1. The second-order valence-corrected chi connectivity index (χ2v) is 5.58. The van der Waals surface area contributed by atoms with E-state index in [9.17, 15) is 0 Å². The first-order valence-corrected chi connectivity index (χ1v) is 7.73. The van der Waals surface area contributed by atoms with Gasteiger partial charge in [0.05, 0.1) is 5.60 Å². The molecule has 0 saturated heterocycles. The van der Waals surface area contributed by atoms with Gasteiger partial charge in [-0.3, -0.25) is 0 Å². The first-order valence-electron chi connectivity index (χ1n) is 7.73. The van der Waals surface area contributed by atoms with Gasteiger partial charge in [0.2, 0.25) is 0 Å². The van der Waals surface area contributed by atoms with Crippen LogP contribution in [0.2, 0.25) is 0 Å². The van der Waals surface area contributed by atoms with Crippen LogP contribution >= 0.6 is 0 Å². The largest absolute Gasteiger partial charge is 0.375 e. The third kappa shape index (κ3) is 4.63. The third-order valence-electron chi connectivity index (χ3n) is 4.13. The van der Waals surface area contributed by atoms with Crippen molar-refractivity contribution in [3.8, 4) is 0 Å². The van der Waals surface area contributed by atoms with Gasteiger partial charge >= 0.3 is 0 Å². The third-order valence-corrected chi connectivity index (χ3v) is 4.13. The number of rotatable bonds is 9. The van der Waals surface area contributed by atoms with Crippen molar-refractivity contribution in [3.63, 3.8) is 0 Å². The van der Waals surface area contributed by atoms with Crippen molar-refractivity contribution in [2.24, 2.45) is 0 Å². The molecule has 0 aromatic heterocycles. The molecule has 0 amide bonds. The summed E-state index contributed by atoms with van der Waals surface area (Å²) in [4.78, 5) is 0. The van der Waals surface area contributed by atoms with E-state index in [0.717, 1.165) is 32.5 Å². The summed E-state index contributed by atoms with van der Waals surface area (Å²) in [6.07, 6.45) is 7.28. The molecule has 106 valence electrons. The molecule has 0 heterocycles. The fourth-order valence-corrected chi connectivity index (χ4v) is 2.74. The number of hydrogen-bond donors (Lipinski definition) is 1. The lowest BCUT2D eigenvalue weighted by atomic mass is 9.77. The van der Waals surface area contributed by atoms with Crippen molar-refractivity contribution in [3.05, 3.63) is 35.9 Å². The summed E-state index contributed by atoms with van der Waals surface area (Å²) in [5.74, 6) is 0. The van der Waals surface area contributed by atoms with Gasteiger partial charge in [0.1, 0.15) is 0 Å². The zero-order valence-corrected chi connectivity index (χ0v) is 12.2. The Labute approximate surface area is 117 Å². The van der Waals surface area contributed by atoms with E-state index in [1.54, 1.807) is 0 Å². The number of hydrogen-bond acceptors (Lipinski definition) is 2. The fraction of sp³-hybridized carbons (Fsp3) is 0.647. The maximum absolute atomic E-state index is 6.19. The molecule has 1 fully saturated rings. The van der Waals surface area contributed by atoms with Crippen molar-refractivity contribution in [2.45, 2.75) is 51.0 Å². The molecule has 1 aliphatic rings. The van der Waals surface area contributed by atoms with Crippen LogP contribution in [0.25, 0.3) is 0 Å². The summed E-state index contributed by atoms with van der Waals surface area (Å²) in [7, 11) is 0. The Hall–Kier alpha value is -0.860. The second-order valence-electron chi connectivity index (χ2n) is 5.58. The average Bonchev–Trinajstić information content (AvgIpc) is 2.41. The molecule has 2 nitrogen and oxygen atoms in total. The minimum absolute atomic E-state index is 0.207. The van der Waals surface area contributed by atoms with E-state index in [2.05, 4.69) is 42.6 Å². The highest BCUT2D eigenvalue weighted by molar-refractivity contribution is 5.14. The van der Waals surface area contributed by atoms with Crippen LogP contribution in [0, 0.1) is 0 Å². The van der Waals surface area contributed by atoms with Crippen molar-refractivity contribution in [1.29, 1.82) is 0 Å². The van der Waals surface area contributed by atoms with Gasteiger partial charge in [0, 0.05) is 6.61 Å². The second kappa shape index (κ2) is 7.66. The summed E-state index contributed by atoms with van der Waals surface area (Å²) < 4.78 is 6.19. The molecule has 0 unspecified atom stereocenters. The summed E-state index contributed by atoms with van der Waals surface area (Å²) >= 11 is 0. The molecule has 0 atom stereocenters. The van der Waals surface area contributed by atoms with Gasteiger partial charge in [0.25, 0.3) is 0 Å². The van der Waals surface area contributed by atoms with Gasteiger partial charge in [-0.2, -0.15) is 0 Å². The standard InChI is InChI=1S/C17H27NO/c1-2-18-14-13-17(11-7-12-17)19-15-6-10-16-8-4-3-5-9-16/h3-5,8-9,18H,2,6-7,10-15H2,1H3. The van der Waals surface area contributed by atoms with Gasteiger partial charge in [-0.1, -0.05) is 37.3 Å². The van der Waals surface area contributed by atoms with Crippen LogP contribution < -0.4 is 5.32 Å². The SMILES string of the molecule is CCNCCC1(OCCCc2ccccc2)CCC1. The van der Waals surface area contributed by atoms with E-state index in [4.69, 9.17) is 4.74 Å². The van der Waals surface area contributed by atoms with Crippen LogP contribution in [0.3, 0.4) is 0 Å². The molecule has 1 aromatic rings. The normalized spacial score (nSPS) is 17.1. The smallest absolute Gasteiger partial charge is 0.0694 e. The molecule has 2 heteroatoms. The molecular formula is C17H27NO. The maximum Gasteiger partial charge on any atom is 0.0694 e. The Balaban J connectivity index is 1.63. The molecule has 0 aliphatic heterocycles. The van der Waals surface area contributed by atoms with Crippen molar-refractivity contribution >= 4 is 0 Å². The minimum atomic E-state index is 0.207.